The fourth-order valence-electron chi connectivity index (χ4n) is 2.94. The maximum absolute atomic E-state index is 13.8. The van der Waals surface area contributed by atoms with Crippen LogP contribution in [0.5, 0.6) is 5.75 Å². The first-order valence-corrected chi connectivity index (χ1v) is 9.39. The number of halogens is 1. The fourth-order valence-corrected chi connectivity index (χ4v) is 4.46. The van der Waals surface area contributed by atoms with Crippen molar-refractivity contribution in [1.29, 1.82) is 0 Å². The van der Waals surface area contributed by atoms with Gasteiger partial charge in [-0.2, -0.15) is 9.40 Å². The van der Waals surface area contributed by atoms with Crippen LogP contribution in [0.3, 0.4) is 0 Å². The van der Waals surface area contributed by atoms with Crippen molar-refractivity contribution in [3.8, 4) is 5.75 Å². The van der Waals surface area contributed by atoms with Crippen LogP contribution in [0.25, 0.3) is 0 Å². The molecule has 7 nitrogen and oxygen atoms in total. The second-order valence-corrected chi connectivity index (χ2v) is 7.83. The molecule has 9 heteroatoms. The van der Waals surface area contributed by atoms with E-state index in [2.05, 4.69) is 10.00 Å². The predicted octanol–water partition coefficient (Wildman–Crippen LogP) is 1.07. The number of benzene rings is 1. The van der Waals surface area contributed by atoms with E-state index in [-0.39, 0.29) is 10.8 Å². The second-order valence-electron chi connectivity index (χ2n) is 5.94. The number of hydrogen-bond acceptors (Lipinski definition) is 5. The van der Waals surface area contributed by atoms with Crippen LogP contribution < -0.4 is 4.74 Å². The van der Waals surface area contributed by atoms with E-state index in [1.54, 1.807) is 13.1 Å². The summed E-state index contributed by atoms with van der Waals surface area (Å²) < 4.78 is 46.8. The summed E-state index contributed by atoms with van der Waals surface area (Å²) in [6, 6.07) is 6.38. The van der Waals surface area contributed by atoms with E-state index in [4.69, 9.17) is 4.74 Å². The van der Waals surface area contributed by atoms with Crippen molar-refractivity contribution in [2.75, 3.05) is 33.3 Å². The molecule has 2 aromatic rings. The molecular weight excluding hydrogens is 347 g/mol. The molecule has 136 valence electrons. The number of aromatic nitrogens is 2. The quantitative estimate of drug-likeness (QED) is 0.790. The Morgan fingerprint density at radius 2 is 1.92 bits per heavy atom. The van der Waals surface area contributed by atoms with E-state index in [1.165, 1.54) is 34.4 Å². The molecule has 0 N–H and O–H groups in total. The maximum atomic E-state index is 13.8. The Morgan fingerprint density at radius 3 is 2.48 bits per heavy atom. The molecule has 0 bridgehead atoms. The third kappa shape index (κ3) is 3.68. The monoisotopic (exact) mass is 368 g/mol. The number of hydrogen-bond donors (Lipinski definition) is 0. The van der Waals surface area contributed by atoms with Crippen LogP contribution in [0.4, 0.5) is 4.39 Å². The van der Waals surface area contributed by atoms with Crippen molar-refractivity contribution in [3.63, 3.8) is 0 Å². The average molecular weight is 368 g/mol. The van der Waals surface area contributed by atoms with Gasteiger partial charge in [0.25, 0.3) is 10.0 Å². The first-order valence-electron chi connectivity index (χ1n) is 7.95. The van der Waals surface area contributed by atoms with Crippen LogP contribution in [-0.2, 0) is 23.6 Å². The van der Waals surface area contributed by atoms with Crippen LogP contribution in [0.1, 0.15) is 5.56 Å². The van der Waals surface area contributed by atoms with Gasteiger partial charge in [0.05, 0.1) is 13.3 Å². The Kier molecular flexibility index (Phi) is 5.07. The van der Waals surface area contributed by atoms with E-state index < -0.39 is 15.8 Å². The highest BCUT2D eigenvalue weighted by Gasteiger charge is 2.30. The SMILES string of the molecule is COc1ccc(CN2CCN(S(=O)(=O)c3ccnn3C)CC2)cc1F. The molecule has 0 atom stereocenters. The number of rotatable bonds is 5. The van der Waals surface area contributed by atoms with E-state index >= 15 is 0 Å². The molecule has 25 heavy (non-hydrogen) atoms. The van der Waals surface area contributed by atoms with Crippen LogP contribution in [0.15, 0.2) is 35.5 Å². The highest BCUT2D eigenvalue weighted by Crippen LogP contribution is 2.20. The lowest BCUT2D eigenvalue weighted by atomic mass is 10.2. The summed E-state index contributed by atoms with van der Waals surface area (Å²) in [6.07, 6.45) is 1.47. The molecule has 1 aliphatic rings. The van der Waals surface area contributed by atoms with Gasteiger partial charge in [0.1, 0.15) is 0 Å². The van der Waals surface area contributed by atoms with Gasteiger partial charge in [-0.05, 0) is 23.8 Å². The van der Waals surface area contributed by atoms with E-state index in [1.807, 2.05) is 6.07 Å². The molecule has 1 aliphatic heterocycles. The third-order valence-electron chi connectivity index (χ3n) is 4.33. The Labute approximate surface area is 146 Å². The molecule has 0 amide bonds. The van der Waals surface area contributed by atoms with Crippen LogP contribution >= 0.6 is 0 Å². The van der Waals surface area contributed by atoms with Gasteiger partial charge in [-0.15, -0.1) is 0 Å². The lowest BCUT2D eigenvalue weighted by Crippen LogP contribution is -2.48. The molecule has 0 unspecified atom stereocenters. The van der Waals surface area contributed by atoms with Gasteiger partial charge in [0.2, 0.25) is 0 Å². The predicted molar refractivity (Wildman–Crippen MR) is 90.2 cm³/mol. The van der Waals surface area contributed by atoms with Crippen molar-refractivity contribution < 1.29 is 17.5 Å². The lowest BCUT2D eigenvalue weighted by molar-refractivity contribution is 0.181. The first kappa shape index (κ1) is 17.8. The molecule has 1 aromatic heterocycles. The zero-order valence-corrected chi connectivity index (χ0v) is 15.0. The van der Waals surface area contributed by atoms with Crippen LogP contribution in [0.2, 0.25) is 0 Å². The van der Waals surface area contributed by atoms with Crippen molar-refractivity contribution in [2.45, 2.75) is 11.6 Å². The van der Waals surface area contributed by atoms with Gasteiger partial charge in [-0.25, -0.2) is 12.8 Å². The minimum atomic E-state index is -3.53. The highest BCUT2D eigenvalue weighted by atomic mass is 32.2. The number of nitrogens with zero attached hydrogens (tertiary/aromatic N) is 4. The summed E-state index contributed by atoms with van der Waals surface area (Å²) in [6.45, 7) is 2.54. The Bertz CT molecular complexity index is 845. The van der Waals surface area contributed by atoms with Crippen LogP contribution in [-0.4, -0.2) is 60.7 Å². The standard InChI is InChI=1S/C16H21FN4O3S/c1-19-16(5-6-18-19)25(22,23)21-9-7-20(8-10-21)12-13-3-4-15(24-2)14(17)11-13/h3-6,11H,7-10,12H2,1-2H3. The summed E-state index contributed by atoms with van der Waals surface area (Å²) >= 11 is 0. The first-order chi connectivity index (χ1) is 11.9. The van der Waals surface area contributed by atoms with E-state index in [9.17, 15) is 12.8 Å². The van der Waals surface area contributed by atoms with Crippen molar-refractivity contribution in [1.82, 2.24) is 19.0 Å². The molecule has 0 radical (unpaired) electrons. The normalized spacial score (nSPS) is 16.9. The zero-order chi connectivity index (χ0) is 18.0. The van der Waals surface area contributed by atoms with Gasteiger partial charge >= 0.3 is 0 Å². The molecule has 2 heterocycles. The summed E-state index contributed by atoms with van der Waals surface area (Å²) in [4.78, 5) is 2.11. The van der Waals surface area contributed by atoms with Crippen molar-refractivity contribution in [2.24, 2.45) is 7.05 Å². The number of aryl methyl sites for hydroxylation is 1. The number of methoxy groups -OCH3 is 1. The lowest BCUT2D eigenvalue weighted by Gasteiger charge is -2.33. The van der Waals surface area contributed by atoms with Crippen molar-refractivity contribution in [3.05, 3.63) is 41.8 Å². The minimum absolute atomic E-state index is 0.193. The zero-order valence-electron chi connectivity index (χ0n) is 14.2. The number of ether oxygens (including phenoxy) is 1. The molecule has 3 rings (SSSR count). The van der Waals surface area contributed by atoms with E-state index in [0.29, 0.717) is 32.7 Å². The molecule has 0 spiro atoms. The summed E-state index contributed by atoms with van der Waals surface area (Å²) in [5.74, 6) is -0.173. The van der Waals surface area contributed by atoms with Gasteiger partial charge in [-0.1, -0.05) is 6.07 Å². The van der Waals surface area contributed by atoms with E-state index in [0.717, 1.165) is 5.56 Å². The molecular formula is C16H21FN4O3S. The Balaban J connectivity index is 1.62. The Morgan fingerprint density at radius 1 is 1.20 bits per heavy atom. The van der Waals surface area contributed by atoms with Crippen molar-refractivity contribution >= 4 is 10.0 Å². The molecule has 0 aliphatic carbocycles. The highest BCUT2D eigenvalue weighted by molar-refractivity contribution is 7.89. The Hall–Kier alpha value is -1.97. The van der Waals surface area contributed by atoms with Gasteiger partial charge < -0.3 is 4.74 Å². The topological polar surface area (TPSA) is 67.7 Å². The average Bonchev–Trinajstić information content (AvgIpc) is 3.02. The summed E-state index contributed by atoms with van der Waals surface area (Å²) in [7, 11) is -0.488. The van der Waals surface area contributed by atoms with Crippen LogP contribution in [0, 0.1) is 5.82 Å². The minimum Gasteiger partial charge on any atom is -0.494 e. The maximum Gasteiger partial charge on any atom is 0.260 e. The fraction of sp³-hybridized carbons (Fsp3) is 0.438. The van der Waals surface area contributed by atoms with Gasteiger partial charge in [0, 0.05) is 39.8 Å². The molecule has 1 aromatic carbocycles. The molecule has 0 saturated carbocycles. The smallest absolute Gasteiger partial charge is 0.260 e. The molecule has 1 saturated heterocycles. The largest absolute Gasteiger partial charge is 0.494 e. The van der Waals surface area contributed by atoms with Gasteiger partial charge in [-0.3, -0.25) is 9.58 Å². The second kappa shape index (κ2) is 7.11. The number of piperazine rings is 1. The van der Waals surface area contributed by atoms with Gasteiger partial charge in [0.15, 0.2) is 16.6 Å². The summed E-state index contributed by atoms with van der Waals surface area (Å²) in [5.41, 5.74) is 0.834. The molecule has 1 fully saturated rings. The third-order valence-corrected chi connectivity index (χ3v) is 6.31. The number of sulfonamides is 1. The summed E-state index contributed by atoms with van der Waals surface area (Å²) in [5, 5.41) is 4.12.